The van der Waals surface area contributed by atoms with Gasteiger partial charge in [-0.25, -0.2) is 14.6 Å². The van der Waals surface area contributed by atoms with Crippen molar-refractivity contribution < 1.29 is 38.2 Å². The number of hydrogen-bond acceptors (Lipinski definition) is 12. The van der Waals surface area contributed by atoms with Crippen LogP contribution in [0.15, 0.2) is 22.7 Å². The Morgan fingerprint density at radius 2 is 1.95 bits per heavy atom. The number of primary amides is 1. The number of esters is 2. The topological polar surface area (TPSA) is 193 Å². The molecule has 5 N–H and O–H groups in total. The van der Waals surface area contributed by atoms with Crippen LogP contribution in [0.5, 0.6) is 0 Å². The molecule has 15 heteroatoms. The molecule has 206 valence electrons. The highest BCUT2D eigenvalue weighted by molar-refractivity contribution is 8.00. The second kappa shape index (κ2) is 11.9. The summed E-state index contributed by atoms with van der Waals surface area (Å²) < 4.78 is 14.9. The van der Waals surface area contributed by atoms with Crippen molar-refractivity contribution in [1.82, 2.24) is 15.2 Å². The Labute approximate surface area is 226 Å². The molecular formula is C23H29N5O8S2. The van der Waals surface area contributed by atoms with Crippen molar-refractivity contribution in [3.05, 3.63) is 28.4 Å². The second-order valence-electron chi connectivity index (χ2n) is 9.25. The van der Waals surface area contributed by atoms with Gasteiger partial charge in [-0.3, -0.25) is 19.3 Å². The number of β-lactam (4-membered cyclic amide) rings is 1. The number of nitrogens with two attached hydrogens (primary N) is 2. The Bertz CT molecular complexity index is 1200. The fourth-order valence-corrected chi connectivity index (χ4v) is 5.40. The summed E-state index contributed by atoms with van der Waals surface area (Å²) in [5, 5.41) is 4.03. The van der Waals surface area contributed by atoms with Crippen molar-refractivity contribution in [2.24, 2.45) is 11.1 Å². The van der Waals surface area contributed by atoms with Crippen LogP contribution >= 0.6 is 23.1 Å². The Hall–Kier alpha value is -3.59. The number of fused-ring (bicyclic) bond motifs is 1. The second-order valence-corrected chi connectivity index (χ2v) is 11.2. The van der Waals surface area contributed by atoms with Gasteiger partial charge < -0.3 is 31.0 Å². The number of amides is 3. The van der Waals surface area contributed by atoms with E-state index < -0.39 is 53.5 Å². The van der Waals surface area contributed by atoms with Gasteiger partial charge in [-0.15, -0.1) is 23.1 Å². The minimum absolute atomic E-state index is 0.158. The summed E-state index contributed by atoms with van der Waals surface area (Å²) in [6.07, 6.45) is 1.17. The summed E-state index contributed by atoms with van der Waals surface area (Å²) in [5.41, 5.74) is 10.7. The molecule has 13 nitrogen and oxygen atoms in total. The third kappa shape index (κ3) is 6.45. The molecule has 1 aromatic rings. The van der Waals surface area contributed by atoms with Gasteiger partial charge in [0.15, 0.2) is 5.13 Å². The molecule has 0 bridgehead atoms. The van der Waals surface area contributed by atoms with Crippen molar-refractivity contribution >= 4 is 63.6 Å². The maximum absolute atomic E-state index is 13.1. The fourth-order valence-electron chi connectivity index (χ4n) is 3.51. The molecule has 2 aliphatic rings. The highest BCUT2D eigenvalue weighted by Gasteiger charge is 2.54. The number of allylic oxidation sites excluding steroid dienone is 1. The van der Waals surface area contributed by atoms with Gasteiger partial charge in [0, 0.05) is 16.7 Å². The number of nitrogen functional groups attached to an aromatic ring is 1. The average molecular weight is 568 g/mol. The zero-order valence-corrected chi connectivity index (χ0v) is 22.9. The van der Waals surface area contributed by atoms with E-state index in [-0.39, 0.29) is 29.2 Å². The average Bonchev–Trinajstić information content (AvgIpc) is 3.28. The van der Waals surface area contributed by atoms with E-state index in [9.17, 15) is 24.0 Å². The molecule has 0 radical (unpaired) electrons. The number of anilines is 1. The lowest BCUT2D eigenvalue weighted by Crippen LogP contribution is -2.70. The van der Waals surface area contributed by atoms with E-state index in [0.717, 1.165) is 4.90 Å². The Morgan fingerprint density at radius 1 is 1.24 bits per heavy atom. The first-order valence-electron chi connectivity index (χ1n) is 11.5. The third-order valence-electron chi connectivity index (χ3n) is 5.36. The zero-order chi connectivity index (χ0) is 28.2. The molecule has 2 aliphatic heterocycles. The van der Waals surface area contributed by atoms with Gasteiger partial charge in [-0.2, -0.15) is 0 Å². The molecule has 0 aromatic carbocycles. The minimum atomic E-state index is -1.06. The highest BCUT2D eigenvalue weighted by atomic mass is 32.2. The summed E-state index contributed by atoms with van der Waals surface area (Å²) in [5.74, 6) is -2.45. The Balaban J connectivity index is 1.77. The predicted molar refractivity (Wildman–Crippen MR) is 139 cm³/mol. The van der Waals surface area contributed by atoms with Gasteiger partial charge >= 0.3 is 18.0 Å². The van der Waals surface area contributed by atoms with Crippen LogP contribution in [-0.4, -0.2) is 70.3 Å². The minimum Gasteiger partial charge on any atom is -0.445 e. The number of nitrogens with zero attached hydrogens (tertiary/aromatic N) is 2. The number of carbonyl (C=O) groups excluding carboxylic acids is 5. The van der Waals surface area contributed by atoms with Crippen LogP contribution in [0.4, 0.5) is 9.93 Å². The lowest BCUT2D eigenvalue weighted by atomic mass is 9.98. The van der Waals surface area contributed by atoms with Gasteiger partial charge in [-0.1, -0.05) is 13.0 Å². The number of carbonyl (C=O) groups is 5. The summed E-state index contributed by atoms with van der Waals surface area (Å²) in [6.45, 7) is 5.74. The monoisotopic (exact) mass is 567 g/mol. The maximum Gasteiger partial charge on any atom is 0.404 e. The molecule has 0 spiro atoms. The lowest BCUT2D eigenvalue weighted by Gasteiger charge is -2.49. The summed E-state index contributed by atoms with van der Waals surface area (Å²) >= 11 is 2.45. The lowest BCUT2D eigenvalue weighted by molar-refractivity contribution is -0.173. The summed E-state index contributed by atoms with van der Waals surface area (Å²) in [4.78, 5) is 67.6. The van der Waals surface area contributed by atoms with E-state index in [1.165, 1.54) is 23.1 Å². The Morgan fingerprint density at radius 3 is 2.53 bits per heavy atom. The van der Waals surface area contributed by atoms with E-state index in [2.05, 4.69) is 10.3 Å². The zero-order valence-electron chi connectivity index (χ0n) is 21.3. The number of thioether (sulfide) groups is 1. The summed E-state index contributed by atoms with van der Waals surface area (Å²) in [6, 6.07) is -0.941. The van der Waals surface area contributed by atoms with Crippen molar-refractivity contribution in [1.29, 1.82) is 0 Å². The first-order valence-corrected chi connectivity index (χ1v) is 13.4. The molecule has 0 aliphatic carbocycles. The van der Waals surface area contributed by atoms with Crippen LogP contribution < -0.4 is 16.8 Å². The fraction of sp³-hybridized carbons (Fsp3) is 0.478. The maximum atomic E-state index is 13.1. The number of rotatable bonds is 9. The highest BCUT2D eigenvalue weighted by Crippen LogP contribution is 2.41. The van der Waals surface area contributed by atoms with E-state index in [1.807, 2.05) is 6.92 Å². The van der Waals surface area contributed by atoms with Crippen molar-refractivity contribution in [3.8, 4) is 0 Å². The van der Waals surface area contributed by atoms with Crippen LogP contribution in [0, 0.1) is 5.41 Å². The van der Waals surface area contributed by atoms with E-state index >= 15 is 0 Å². The number of ether oxygens (including phenoxy) is 3. The molecule has 3 amide bonds. The standard InChI is InChI=1S/C23H29N5O8S2/c1-5-6-12(13-9-38-21(24)26-13)16(29)27-14-17(30)28-15(11(7-34-22(25)33)8-37-18(14)28)19(31)35-10-36-20(32)23(2,3)4/h6,9,14,18H,5,7-8,10H2,1-4H3,(H2,24,26)(H2,25,33)(H,27,29)/b12-6-/t14-,18+/m1/s1. The number of hydrogen-bond donors (Lipinski definition) is 3. The molecule has 1 fully saturated rings. The largest absolute Gasteiger partial charge is 0.445 e. The quantitative estimate of drug-likeness (QED) is 0.169. The van der Waals surface area contributed by atoms with Gasteiger partial charge in [0.25, 0.3) is 11.8 Å². The molecule has 0 unspecified atom stereocenters. The molecule has 3 heterocycles. The van der Waals surface area contributed by atoms with Crippen molar-refractivity contribution in [2.45, 2.75) is 45.5 Å². The van der Waals surface area contributed by atoms with E-state index in [1.54, 1.807) is 32.2 Å². The molecule has 0 saturated carbocycles. The van der Waals surface area contributed by atoms with Crippen LogP contribution in [0.1, 0.15) is 39.8 Å². The molecule has 1 aromatic heterocycles. The van der Waals surface area contributed by atoms with Crippen LogP contribution in [0.25, 0.3) is 5.57 Å². The smallest absolute Gasteiger partial charge is 0.404 e. The Kier molecular flexibility index (Phi) is 9.04. The van der Waals surface area contributed by atoms with Gasteiger partial charge in [0.1, 0.15) is 23.7 Å². The van der Waals surface area contributed by atoms with E-state index in [0.29, 0.717) is 17.2 Å². The predicted octanol–water partition coefficient (Wildman–Crippen LogP) is 1.36. The molecule has 3 rings (SSSR count). The van der Waals surface area contributed by atoms with Crippen molar-refractivity contribution in [3.63, 3.8) is 0 Å². The van der Waals surface area contributed by atoms with Gasteiger partial charge in [-0.05, 0) is 27.2 Å². The SMILES string of the molecule is CC/C=C(\C(=O)N[C@@H]1C(=O)N2C(C(=O)OCOC(=O)C(C)(C)C)=C(COC(N)=O)CS[C@@H]12)c1csc(N)n1. The van der Waals surface area contributed by atoms with E-state index in [4.69, 9.17) is 25.7 Å². The van der Waals surface area contributed by atoms with Gasteiger partial charge in [0.05, 0.1) is 16.7 Å². The molecule has 1 saturated heterocycles. The van der Waals surface area contributed by atoms with Crippen LogP contribution in [-0.2, 0) is 33.4 Å². The molecule has 2 atom stereocenters. The molecular weight excluding hydrogens is 538 g/mol. The summed E-state index contributed by atoms with van der Waals surface area (Å²) in [7, 11) is 0. The number of thiazole rings is 1. The third-order valence-corrected chi connectivity index (χ3v) is 7.37. The normalized spacial score (nSPS) is 19.3. The van der Waals surface area contributed by atoms with Crippen LogP contribution in [0.2, 0.25) is 0 Å². The van der Waals surface area contributed by atoms with Crippen LogP contribution in [0.3, 0.4) is 0 Å². The van der Waals surface area contributed by atoms with Gasteiger partial charge in [0.2, 0.25) is 6.79 Å². The number of aromatic nitrogens is 1. The van der Waals surface area contributed by atoms with Crippen molar-refractivity contribution in [2.75, 3.05) is 24.9 Å². The molecule has 38 heavy (non-hydrogen) atoms. The first-order chi connectivity index (χ1) is 17.8. The number of nitrogens with one attached hydrogen (secondary N) is 1. The first kappa shape index (κ1) is 29.0.